The van der Waals surface area contributed by atoms with E-state index < -0.39 is 0 Å². The van der Waals surface area contributed by atoms with Crippen molar-refractivity contribution in [1.82, 2.24) is 34.8 Å². The maximum absolute atomic E-state index is 12.7. The highest BCUT2D eigenvalue weighted by atomic mass is 32.2. The molecule has 1 N–H and O–H groups in total. The lowest BCUT2D eigenvalue weighted by Crippen LogP contribution is -2.28. The lowest BCUT2D eigenvalue weighted by Gasteiger charge is -2.15. The molecular formula is C24H25N7OS. The maximum atomic E-state index is 12.7. The molecule has 1 aliphatic carbocycles. The van der Waals surface area contributed by atoms with E-state index in [1.54, 1.807) is 11.0 Å². The summed E-state index contributed by atoms with van der Waals surface area (Å²) in [4.78, 5) is 16.6. The summed E-state index contributed by atoms with van der Waals surface area (Å²) < 4.78 is 3.86. The molecular weight excluding hydrogens is 434 g/mol. The predicted molar refractivity (Wildman–Crippen MR) is 126 cm³/mol. The van der Waals surface area contributed by atoms with Crippen LogP contribution in [0.4, 0.5) is 0 Å². The number of benzene rings is 2. The van der Waals surface area contributed by atoms with Crippen molar-refractivity contribution in [3.05, 3.63) is 84.2 Å². The van der Waals surface area contributed by atoms with Crippen LogP contribution >= 0.6 is 11.8 Å². The third-order valence-corrected chi connectivity index (χ3v) is 6.62. The van der Waals surface area contributed by atoms with Crippen LogP contribution in [0.3, 0.4) is 0 Å². The molecule has 8 nitrogen and oxygen atoms in total. The second-order valence-electron chi connectivity index (χ2n) is 8.20. The van der Waals surface area contributed by atoms with Gasteiger partial charge in [0.2, 0.25) is 5.91 Å². The zero-order chi connectivity index (χ0) is 22.6. The van der Waals surface area contributed by atoms with E-state index in [1.165, 1.54) is 23.7 Å². The van der Waals surface area contributed by atoms with Gasteiger partial charge in [-0.25, -0.2) is 9.67 Å². The van der Waals surface area contributed by atoms with E-state index in [2.05, 4.69) is 42.3 Å². The van der Waals surface area contributed by atoms with Gasteiger partial charge in [0.05, 0.1) is 24.0 Å². The largest absolute Gasteiger partial charge is 0.349 e. The molecule has 33 heavy (non-hydrogen) atoms. The molecule has 0 aliphatic heterocycles. The molecule has 1 fully saturated rings. The first-order chi connectivity index (χ1) is 16.2. The molecule has 2 aromatic carbocycles. The summed E-state index contributed by atoms with van der Waals surface area (Å²) in [6, 6.07) is 18.1. The molecule has 0 radical (unpaired) electrons. The summed E-state index contributed by atoms with van der Waals surface area (Å²) in [5.41, 5.74) is 3.16. The van der Waals surface area contributed by atoms with Gasteiger partial charge in [-0.3, -0.25) is 4.79 Å². The molecule has 0 bridgehead atoms. The van der Waals surface area contributed by atoms with Crippen LogP contribution in [0.5, 0.6) is 0 Å². The number of aromatic nitrogens is 6. The van der Waals surface area contributed by atoms with Crippen molar-refractivity contribution in [2.45, 2.75) is 43.4 Å². The van der Waals surface area contributed by atoms with E-state index in [4.69, 9.17) is 0 Å². The Morgan fingerprint density at radius 3 is 2.61 bits per heavy atom. The lowest BCUT2D eigenvalue weighted by atomic mass is 10.1. The van der Waals surface area contributed by atoms with Crippen LogP contribution < -0.4 is 5.32 Å². The Hall–Kier alpha value is -3.46. The molecule has 1 unspecified atom stereocenters. The van der Waals surface area contributed by atoms with Gasteiger partial charge in [-0.15, -0.1) is 10.2 Å². The Kier molecular flexibility index (Phi) is 6.21. The van der Waals surface area contributed by atoms with Gasteiger partial charge in [0, 0.05) is 5.92 Å². The fraction of sp³-hybridized carbons (Fsp3) is 0.292. The third kappa shape index (κ3) is 5.14. The van der Waals surface area contributed by atoms with Crippen LogP contribution in [0.2, 0.25) is 0 Å². The molecule has 2 aromatic heterocycles. The molecule has 9 heteroatoms. The number of hydrogen-bond donors (Lipinski definition) is 1. The quantitative estimate of drug-likeness (QED) is 0.383. The summed E-state index contributed by atoms with van der Waals surface area (Å²) in [6.45, 7) is 2.70. The Morgan fingerprint density at radius 1 is 1.12 bits per heavy atom. The number of carbonyl (C=O) groups excluding carboxylic acids is 1. The van der Waals surface area contributed by atoms with Crippen LogP contribution in [0.15, 0.2) is 72.4 Å². The number of thioether (sulfide) groups is 1. The number of amides is 1. The predicted octanol–water partition coefficient (Wildman–Crippen LogP) is 3.75. The zero-order valence-corrected chi connectivity index (χ0v) is 19.2. The Bertz CT molecular complexity index is 1200. The lowest BCUT2D eigenvalue weighted by molar-refractivity contribution is -0.119. The average molecular weight is 460 g/mol. The number of carbonyl (C=O) groups is 1. The van der Waals surface area contributed by atoms with Crippen molar-refractivity contribution in [1.29, 1.82) is 0 Å². The van der Waals surface area contributed by atoms with E-state index in [-0.39, 0.29) is 11.9 Å². The molecule has 168 valence electrons. The Morgan fingerprint density at radius 2 is 1.91 bits per heavy atom. The smallest absolute Gasteiger partial charge is 0.230 e. The second-order valence-corrected chi connectivity index (χ2v) is 9.14. The minimum Gasteiger partial charge on any atom is -0.349 e. The minimum atomic E-state index is -0.105. The highest BCUT2D eigenvalue weighted by Gasteiger charge is 2.30. The fourth-order valence-electron chi connectivity index (χ4n) is 3.72. The number of rotatable bonds is 9. The molecule has 4 aromatic rings. The van der Waals surface area contributed by atoms with Crippen molar-refractivity contribution < 1.29 is 4.79 Å². The van der Waals surface area contributed by atoms with Crippen LogP contribution in [0.1, 0.15) is 48.7 Å². The SMILES string of the molecule is CC(NC(=O)CSc1nnc(C2CC2)n1Cc1ccccc1)c1ccc(-n2cncn2)cc1. The topological polar surface area (TPSA) is 90.5 Å². The fourth-order valence-corrected chi connectivity index (χ4v) is 4.47. The Balaban J connectivity index is 1.20. The Labute approximate surface area is 196 Å². The van der Waals surface area contributed by atoms with Gasteiger partial charge >= 0.3 is 0 Å². The van der Waals surface area contributed by atoms with Gasteiger partial charge in [0.1, 0.15) is 18.5 Å². The van der Waals surface area contributed by atoms with E-state index in [9.17, 15) is 4.79 Å². The van der Waals surface area contributed by atoms with Crippen molar-refractivity contribution in [3.63, 3.8) is 0 Å². The zero-order valence-electron chi connectivity index (χ0n) is 18.3. The number of nitrogens with zero attached hydrogens (tertiary/aromatic N) is 6. The molecule has 2 heterocycles. The summed E-state index contributed by atoms with van der Waals surface area (Å²) in [5.74, 6) is 1.78. The molecule has 1 aliphatic rings. The maximum Gasteiger partial charge on any atom is 0.230 e. The summed E-state index contributed by atoms with van der Waals surface area (Å²) in [6.07, 6.45) is 5.47. The van der Waals surface area contributed by atoms with Crippen molar-refractivity contribution in [2.75, 3.05) is 5.75 Å². The first-order valence-electron chi connectivity index (χ1n) is 11.0. The van der Waals surface area contributed by atoms with Gasteiger partial charge in [0.15, 0.2) is 5.16 Å². The van der Waals surface area contributed by atoms with Gasteiger partial charge in [-0.2, -0.15) is 5.10 Å². The first-order valence-corrected chi connectivity index (χ1v) is 12.0. The van der Waals surface area contributed by atoms with Crippen LogP contribution in [-0.4, -0.2) is 41.2 Å². The van der Waals surface area contributed by atoms with Crippen LogP contribution in [0.25, 0.3) is 5.69 Å². The summed E-state index contributed by atoms with van der Waals surface area (Å²) >= 11 is 1.44. The summed E-state index contributed by atoms with van der Waals surface area (Å²) in [5, 5.41) is 16.8. The third-order valence-electron chi connectivity index (χ3n) is 5.66. The van der Waals surface area contributed by atoms with Gasteiger partial charge in [-0.05, 0) is 43.0 Å². The highest BCUT2D eigenvalue weighted by molar-refractivity contribution is 7.99. The molecule has 0 saturated heterocycles. The van der Waals surface area contributed by atoms with E-state index >= 15 is 0 Å². The second kappa shape index (κ2) is 9.58. The first kappa shape index (κ1) is 21.4. The summed E-state index contributed by atoms with van der Waals surface area (Å²) in [7, 11) is 0. The molecule has 0 spiro atoms. The standard InChI is InChI=1S/C24H25N7OS/c1-17(19-9-11-21(12-10-19)31-16-25-15-26-31)27-22(32)14-33-24-29-28-23(20-7-8-20)30(24)13-18-5-3-2-4-6-18/h2-6,9-12,15-17,20H,7-8,13-14H2,1H3,(H,27,32). The molecule has 1 amide bonds. The van der Waals surface area contributed by atoms with Gasteiger partial charge < -0.3 is 9.88 Å². The van der Waals surface area contributed by atoms with E-state index in [0.29, 0.717) is 11.7 Å². The van der Waals surface area contributed by atoms with Gasteiger partial charge in [-0.1, -0.05) is 54.2 Å². The van der Waals surface area contributed by atoms with Crippen LogP contribution in [0, 0.1) is 0 Å². The van der Waals surface area contributed by atoms with E-state index in [1.807, 2.05) is 49.4 Å². The van der Waals surface area contributed by atoms with Crippen LogP contribution in [-0.2, 0) is 11.3 Å². The van der Waals surface area contributed by atoms with Crippen molar-refractivity contribution in [3.8, 4) is 5.69 Å². The minimum absolute atomic E-state index is 0.0323. The van der Waals surface area contributed by atoms with Crippen molar-refractivity contribution in [2.24, 2.45) is 0 Å². The molecule has 5 rings (SSSR count). The number of hydrogen-bond acceptors (Lipinski definition) is 6. The van der Waals surface area contributed by atoms with Gasteiger partial charge in [0.25, 0.3) is 0 Å². The monoisotopic (exact) mass is 459 g/mol. The van der Waals surface area contributed by atoms with Crippen molar-refractivity contribution >= 4 is 17.7 Å². The average Bonchev–Trinajstić information content (AvgIpc) is 3.38. The highest BCUT2D eigenvalue weighted by Crippen LogP contribution is 2.40. The number of nitrogens with one attached hydrogen (secondary N) is 1. The molecule has 1 saturated carbocycles. The van der Waals surface area contributed by atoms with E-state index in [0.717, 1.165) is 41.6 Å². The normalized spacial score (nSPS) is 14.2. The molecule has 1 atom stereocenters.